The molecule has 2 rings (SSSR count). The number of hydrogen-bond donors (Lipinski definition) is 2. The number of hydrogen-bond acceptors (Lipinski definition) is 5. The summed E-state index contributed by atoms with van der Waals surface area (Å²) in [6.07, 6.45) is 6.13. The molecule has 6 nitrogen and oxygen atoms in total. The second-order valence-electron chi connectivity index (χ2n) is 3.45. The summed E-state index contributed by atoms with van der Waals surface area (Å²) in [7, 11) is 0. The molecule has 0 bridgehead atoms. The monoisotopic (exact) mass is 253 g/mol. The fraction of sp³-hybridized carbons (Fsp3) is 0.0769. The summed E-state index contributed by atoms with van der Waals surface area (Å²) in [4.78, 5) is 23.9. The predicted molar refractivity (Wildman–Crippen MR) is 70.2 cm³/mol. The van der Waals surface area contributed by atoms with Crippen molar-refractivity contribution >= 4 is 11.9 Å². The van der Waals surface area contributed by atoms with Crippen LogP contribution in [0.1, 0.15) is 15.9 Å². The minimum Gasteiger partial charge on any atom is -0.320 e. The average Bonchev–Trinajstić information content (AvgIpc) is 2.46. The molecule has 0 saturated carbocycles. The molecule has 0 atom stereocenters. The Morgan fingerprint density at radius 1 is 1.32 bits per heavy atom. The maximum Gasteiger partial charge on any atom is 0.259 e. The van der Waals surface area contributed by atoms with Crippen LogP contribution >= 0.6 is 0 Å². The lowest BCUT2D eigenvalue weighted by Gasteiger charge is -2.04. The van der Waals surface area contributed by atoms with Gasteiger partial charge in [0.15, 0.2) is 0 Å². The largest absolute Gasteiger partial charge is 0.320 e. The standard InChI is InChI=1S/C13H11N5O/c14-5-1-3-10-9-15-8-4-11(10)12(19)18-13-16-6-2-7-17-13/h2,4,6-9H,5,14H2,(H,16,17,18,19). The molecule has 0 aliphatic carbocycles. The van der Waals surface area contributed by atoms with E-state index in [0.717, 1.165) is 0 Å². The van der Waals surface area contributed by atoms with E-state index in [2.05, 4.69) is 32.1 Å². The third-order valence-electron chi connectivity index (χ3n) is 2.18. The van der Waals surface area contributed by atoms with E-state index in [1.165, 1.54) is 12.4 Å². The second kappa shape index (κ2) is 6.23. The predicted octanol–water partition coefficient (Wildman–Crippen LogP) is 0.434. The van der Waals surface area contributed by atoms with Gasteiger partial charge in [0, 0.05) is 24.8 Å². The van der Waals surface area contributed by atoms with Crippen LogP contribution in [0.4, 0.5) is 5.95 Å². The molecule has 0 aliphatic rings. The highest BCUT2D eigenvalue weighted by molar-refractivity contribution is 6.04. The molecule has 19 heavy (non-hydrogen) atoms. The minimum absolute atomic E-state index is 0.220. The Bertz CT molecular complexity index is 630. The summed E-state index contributed by atoms with van der Waals surface area (Å²) in [5, 5.41) is 2.59. The summed E-state index contributed by atoms with van der Waals surface area (Å²) in [5.74, 6) is 5.39. The fourth-order valence-corrected chi connectivity index (χ4v) is 1.37. The molecule has 0 spiro atoms. The Hall–Kier alpha value is -2.78. The summed E-state index contributed by atoms with van der Waals surface area (Å²) in [5.41, 5.74) is 6.23. The van der Waals surface area contributed by atoms with Gasteiger partial charge in [0.2, 0.25) is 5.95 Å². The Balaban J connectivity index is 2.24. The van der Waals surface area contributed by atoms with Gasteiger partial charge in [-0.2, -0.15) is 0 Å². The molecule has 3 N–H and O–H groups in total. The van der Waals surface area contributed by atoms with Crippen molar-refractivity contribution in [3.05, 3.63) is 48.0 Å². The van der Waals surface area contributed by atoms with Crippen molar-refractivity contribution in [2.75, 3.05) is 11.9 Å². The zero-order valence-corrected chi connectivity index (χ0v) is 10.00. The number of amides is 1. The lowest BCUT2D eigenvalue weighted by molar-refractivity contribution is 0.102. The molecule has 2 heterocycles. The molecule has 94 valence electrons. The number of anilines is 1. The normalized spacial score (nSPS) is 9.32. The van der Waals surface area contributed by atoms with Crippen molar-refractivity contribution in [3.8, 4) is 11.8 Å². The van der Waals surface area contributed by atoms with Gasteiger partial charge in [0.25, 0.3) is 5.91 Å². The first-order valence-electron chi connectivity index (χ1n) is 5.52. The molecule has 2 aromatic heterocycles. The highest BCUT2D eigenvalue weighted by Gasteiger charge is 2.11. The highest BCUT2D eigenvalue weighted by Crippen LogP contribution is 2.07. The number of aromatic nitrogens is 3. The van der Waals surface area contributed by atoms with Gasteiger partial charge in [-0.1, -0.05) is 11.8 Å². The maximum atomic E-state index is 12.1. The highest BCUT2D eigenvalue weighted by atomic mass is 16.1. The van der Waals surface area contributed by atoms with Gasteiger partial charge in [0.05, 0.1) is 17.7 Å². The molecule has 2 aromatic rings. The van der Waals surface area contributed by atoms with E-state index in [1.807, 2.05) is 0 Å². The van der Waals surface area contributed by atoms with Crippen LogP contribution in [0.15, 0.2) is 36.9 Å². The molecule has 1 amide bonds. The lowest BCUT2D eigenvalue weighted by atomic mass is 10.1. The third-order valence-corrected chi connectivity index (χ3v) is 2.18. The van der Waals surface area contributed by atoms with Gasteiger partial charge in [0.1, 0.15) is 0 Å². The van der Waals surface area contributed by atoms with E-state index in [0.29, 0.717) is 11.1 Å². The summed E-state index contributed by atoms with van der Waals surface area (Å²) < 4.78 is 0. The molecule has 6 heteroatoms. The summed E-state index contributed by atoms with van der Waals surface area (Å²) >= 11 is 0. The maximum absolute atomic E-state index is 12.1. The molecular weight excluding hydrogens is 242 g/mol. The van der Waals surface area contributed by atoms with E-state index in [-0.39, 0.29) is 18.4 Å². The number of nitrogens with one attached hydrogen (secondary N) is 1. The summed E-state index contributed by atoms with van der Waals surface area (Å²) in [6.45, 7) is 0.220. The average molecular weight is 253 g/mol. The van der Waals surface area contributed by atoms with Crippen molar-refractivity contribution in [3.63, 3.8) is 0 Å². The molecule has 0 unspecified atom stereocenters. The molecule has 0 aliphatic heterocycles. The van der Waals surface area contributed by atoms with Crippen molar-refractivity contribution in [2.45, 2.75) is 0 Å². The first-order valence-corrected chi connectivity index (χ1v) is 5.52. The van der Waals surface area contributed by atoms with E-state index in [1.54, 1.807) is 24.5 Å². The smallest absolute Gasteiger partial charge is 0.259 e. The lowest BCUT2D eigenvalue weighted by Crippen LogP contribution is -2.15. The van der Waals surface area contributed by atoms with Crippen LogP contribution in [0.2, 0.25) is 0 Å². The third kappa shape index (κ3) is 3.34. The first-order chi connectivity index (χ1) is 9.31. The van der Waals surface area contributed by atoms with Crippen molar-refractivity contribution < 1.29 is 4.79 Å². The molecule has 0 aromatic carbocycles. The van der Waals surface area contributed by atoms with Crippen molar-refractivity contribution in [1.82, 2.24) is 15.0 Å². The Kier molecular flexibility index (Phi) is 4.16. The Morgan fingerprint density at radius 3 is 2.84 bits per heavy atom. The van der Waals surface area contributed by atoms with Crippen LogP contribution in [0.25, 0.3) is 0 Å². The van der Waals surface area contributed by atoms with Crippen molar-refractivity contribution in [2.24, 2.45) is 5.73 Å². The van der Waals surface area contributed by atoms with Crippen LogP contribution in [0.3, 0.4) is 0 Å². The van der Waals surface area contributed by atoms with Crippen LogP contribution in [0.5, 0.6) is 0 Å². The summed E-state index contributed by atoms with van der Waals surface area (Å²) in [6, 6.07) is 3.25. The van der Waals surface area contributed by atoms with E-state index < -0.39 is 0 Å². The van der Waals surface area contributed by atoms with Crippen LogP contribution in [0, 0.1) is 11.8 Å². The fourth-order valence-electron chi connectivity index (χ4n) is 1.37. The minimum atomic E-state index is -0.338. The molecule has 0 saturated heterocycles. The van der Waals surface area contributed by atoms with Crippen LogP contribution in [-0.4, -0.2) is 27.4 Å². The van der Waals surface area contributed by atoms with Gasteiger partial charge < -0.3 is 5.73 Å². The Morgan fingerprint density at radius 2 is 2.11 bits per heavy atom. The van der Waals surface area contributed by atoms with Gasteiger partial charge in [-0.25, -0.2) is 9.97 Å². The van der Waals surface area contributed by atoms with E-state index in [4.69, 9.17) is 5.73 Å². The van der Waals surface area contributed by atoms with E-state index in [9.17, 15) is 4.79 Å². The van der Waals surface area contributed by atoms with Gasteiger partial charge in [-0.3, -0.25) is 15.1 Å². The number of carbonyl (C=O) groups excluding carboxylic acids is 1. The van der Waals surface area contributed by atoms with Gasteiger partial charge >= 0.3 is 0 Å². The van der Waals surface area contributed by atoms with Gasteiger partial charge in [-0.15, -0.1) is 0 Å². The number of rotatable bonds is 2. The van der Waals surface area contributed by atoms with Crippen LogP contribution < -0.4 is 11.1 Å². The number of nitrogens with zero attached hydrogens (tertiary/aromatic N) is 3. The second-order valence-corrected chi connectivity index (χ2v) is 3.45. The molecular formula is C13H11N5O. The zero-order valence-electron chi connectivity index (χ0n) is 10.00. The van der Waals surface area contributed by atoms with E-state index >= 15 is 0 Å². The SMILES string of the molecule is NCC#Cc1cnccc1C(=O)Nc1ncccn1. The van der Waals surface area contributed by atoms with Crippen LogP contribution in [-0.2, 0) is 0 Å². The first kappa shape index (κ1) is 12.7. The molecule has 0 fully saturated rings. The van der Waals surface area contributed by atoms with Gasteiger partial charge in [-0.05, 0) is 12.1 Å². The van der Waals surface area contributed by atoms with Crippen molar-refractivity contribution in [1.29, 1.82) is 0 Å². The topological polar surface area (TPSA) is 93.8 Å². The quantitative estimate of drug-likeness (QED) is 0.757. The molecule has 0 radical (unpaired) electrons. The number of carbonyl (C=O) groups is 1. The number of pyridine rings is 1. The number of nitrogens with two attached hydrogens (primary N) is 1. The zero-order chi connectivity index (χ0) is 13.5. The Labute approximate surface area is 110 Å².